The molecule has 5 nitrogen and oxygen atoms in total. The first kappa shape index (κ1) is 19.4. The van der Waals surface area contributed by atoms with Crippen LogP contribution >= 0.6 is 11.6 Å². The van der Waals surface area contributed by atoms with Crippen molar-refractivity contribution in [3.8, 4) is 0 Å². The molecule has 0 atom stereocenters. The Morgan fingerprint density at radius 1 is 1.12 bits per heavy atom. The second-order valence-corrected chi connectivity index (χ2v) is 8.48. The lowest BCUT2D eigenvalue weighted by Gasteiger charge is -2.21. The number of aryl methyl sites for hydroxylation is 1. The van der Waals surface area contributed by atoms with Crippen LogP contribution in [-0.2, 0) is 10.0 Å². The Kier molecular flexibility index (Phi) is 5.87. The summed E-state index contributed by atoms with van der Waals surface area (Å²) < 4.78 is 26.1. The number of anilines is 1. The molecular weight excluding hydrogens is 360 g/mol. The van der Waals surface area contributed by atoms with E-state index in [1.165, 1.54) is 35.6 Å². The van der Waals surface area contributed by atoms with E-state index in [1.807, 2.05) is 13.0 Å². The topological polar surface area (TPSA) is 66.5 Å². The summed E-state index contributed by atoms with van der Waals surface area (Å²) in [7, 11) is -2.04. The van der Waals surface area contributed by atoms with Crippen molar-refractivity contribution in [1.82, 2.24) is 4.31 Å². The number of carbonyl (C=O) groups excluding carboxylic acids is 1. The van der Waals surface area contributed by atoms with Gasteiger partial charge in [-0.2, -0.15) is 4.31 Å². The van der Waals surface area contributed by atoms with Crippen LogP contribution in [0.25, 0.3) is 0 Å². The van der Waals surface area contributed by atoms with Gasteiger partial charge in [0.25, 0.3) is 5.91 Å². The maximum atomic E-state index is 12.4. The van der Waals surface area contributed by atoms with Crippen molar-refractivity contribution in [3.63, 3.8) is 0 Å². The van der Waals surface area contributed by atoms with E-state index in [0.29, 0.717) is 16.3 Å². The molecule has 1 N–H and O–H groups in total. The van der Waals surface area contributed by atoms with Crippen LogP contribution < -0.4 is 5.32 Å². The molecule has 2 aromatic rings. The van der Waals surface area contributed by atoms with E-state index < -0.39 is 10.0 Å². The summed E-state index contributed by atoms with van der Waals surface area (Å²) in [6, 6.07) is 11.0. The summed E-state index contributed by atoms with van der Waals surface area (Å²) in [5, 5.41) is 3.17. The van der Waals surface area contributed by atoms with Gasteiger partial charge in [-0.3, -0.25) is 4.79 Å². The molecule has 0 unspecified atom stereocenters. The number of benzene rings is 2. The van der Waals surface area contributed by atoms with Gasteiger partial charge in [-0.05, 0) is 62.7 Å². The molecule has 0 fully saturated rings. The smallest absolute Gasteiger partial charge is 0.255 e. The number of rotatable bonds is 5. The molecule has 1 amide bonds. The van der Waals surface area contributed by atoms with Crippen LogP contribution in [0.4, 0.5) is 5.69 Å². The first-order chi connectivity index (χ1) is 11.6. The number of nitrogens with zero attached hydrogens (tertiary/aromatic N) is 1. The maximum Gasteiger partial charge on any atom is 0.255 e. The Bertz CT molecular complexity index is 878. The Labute approximate surface area is 153 Å². The van der Waals surface area contributed by atoms with Crippen molar-refractivity contribution in [2.24, 2.45) is 0 Å². The summed E-state index contributed by atoms with van der Waals surface area (Å²) in [5.41, 5.74) is 1.85. The van der Waals surface area contributed by atoms with E-state index >= 15 is 0 Å². The average Bonchev–Trinajstić information content (AvgIpc) is 2.56. The highest BCUT2D eigenvalue weighted by molar-refractivity contribution is 7.89. The lowest BCUT2D eigenvalue weighted by molar-refractivity contribution is 0.102. The number of sulfonamides is 1. The van der Waals surface area contributed by atoms with Gasteiger partial charge < -0.3 is 5.32 Å². The van der Waals surface area contributed by atoms with E-state index in [0.717, 1.165) is 5.56 Å². The maximum absolute atomic E-state index is 12.4. The fourth-order valence-electron chi connectivity index (χ4n) is 2.14. The van der Waals surface area contributed by atoms with Crippen LogP contribution in [0.2, 0.25) is 5.02 Å². The Hall–Kier alpha value is -1.89. The van der Waals surface area contributed by atoms with Gasteiger partial charge in [0.2, 0.25) is 10.0 Å². The zero-order valence-corrected chi connectivity index (χ0v) is 16.1. The first-order valence-electron chi connectivity index (χ1n) is 7.78. The van der Waals surface area contributed by atoms with Gasteiger partial charge in [0.1, 0.15) is 0 Å². The summed E-state index contributed by atoms with van der Waals surface area (Å²) in [6.45, 7) is 5.50. The number of nitrogens with one attached hydrogen (secondary N) is 1. The zero-order valence-electron chi connectivity index (χ0n) is 14.6. The summed E-state index contributed by atoms with van der Waals surface area (Å²) in [5.74, 6) is -0.355. The van der Waals surface area contributed by atoms with Crippen molar-refractivity contribution < 1.29 is 13.2 Å². The van der Waals surface area contributed by atoms with E-state index in [2.05, 4.69) is 5.32 Å². The molecule has 0 heterocycles. The van der Waals surface area contributed by atoms with E-state index in [9.17, 15) is 13.2 Å². The molecule has 0 spiro atoms. The molecule has 0 aromatic heterocycles. The second kappa shape index (κ2) is 7.56. The van der Waals surface area contributed by atoms with Crippen LogP contribution in [0.1, 0.15) is 29.8 Å². The predicted molar refractivity (Wildman–Crippen MR) is 101 cm³/mol. The Balaban J connectivity index is 2.21. The highest BCUT2D eigenvalue weighted by Crippen LogP contribution is 2.24. The highest BCUT2D eigenvalue weighted by atomic mass is 35.5. The Morgan fingerprint density at radius 2 is 1.72 bits per heavy atom. The van der Waals surface area contributed by atoms with Gasteiger partial charge in [0.05, 0.1) is 15.6 Å². The number of hydrogen-bond donors (Lipinski definition) is 1. The molecule has 2 aromatic carbocycles. The van der Waals surface area contributed by atoms with E-state index in [-0.39, 0.29) is 16.8 Å². The van der Waals surface area contributed by atoms with Crippen LogP contribution in [0.5, 0.6) is 0 Å². The third kappa shape index (κ3) is 4.39. The first-order valence-corrected chi connectivity index (χ1v) is 9.60. The van der Waals surface area contributed by atoms with E-state index in [1.54, 1.807) is 26.0 Å². The minimum Gasteiger partial charge on any atom is -0.321 e. The normalized spacial score (nSPS) is 11.8. The molecule has 0 aliphatic heterocycles. The van der Waals surface area contributed by atoms with Gasteiger partial charge in [0, 0.05) is 18.7 Å². The highest BCUT2D eigenvalue weighted by Gasteiger charge is 2.23. The van der Waals surface area contributed by atoms with Crippen molar-refractivity contribution in [2.75, 3.05) is 12.4 Å². The number of halogens is 1. The van der Waals surface area contributed by atoms with Crippen molar-refractivity contribution in [1.29, 1.82) is 0 Å². The van der Waals surface area contributed by atoms with Gasteiger partial charge in [0.15, 0.2) is 0 Å². The minimum atomic E-state index is -3.57. The lowest BCUT2D eigenvalue weighted by atomic mass is 10.2. The SMILES string of the molecule is Cc1ccc(NC(=O)c2ccc(S(=O)(=O)N(C)C(C)C)cc2)c(Cl)c1. The summed E-state index contributed by atoms with van der Waals surface area (Å²) in [4.78, 5) is 12.5. The number of hydrogen-bond acceptors (Lipinski definition) is 3. The Morgan fingerprint density at radius 3 is 2.24 bits per heavy atom. The number of amides is 1. The number of carbonyl (C=O) groups is 1. The monoisotopic (exact) mass is 380 g/mol. The molecule has 0 aliphatic carbocycles. The van der Waals surface area contributed by atoms with Gasteiger partial charge in [-0.25, -0.2) is 8.42 Å². The fraction of sp³-hybridized carbons (Fsp3) is 0.278. The molecule has 0 saturated carbocycles. The molecule has 0 radical (unpaired) electrons. The van der Waals surface area contributed by atoms with Crippen LogP contribution in [-0.4, -0.2) is 31.7 Å². The molecule has 0 bridgehead atoms. The minimum absolute atomic E-state index is 0.147. The van der Waals surface area contributed by atoms with Crippen LogP contribution in [0, 0.1) is 6.92 Å². The predicted octanol–water partition coefficient (Wildman–Crippen LogP) is 3.93. The zero-order chi connectivity index (χ0) is 18.8. The van der Waals surface area contributed by atoms with E-state index in [4.69, 9.17) is 11.6 Å². The van der Waals surface area contributed by atoms with Gasteiger partial charge >= 0.3 is 0 Å². The molecule has 0 saturated heterocycles. The molecule has 2 rings (SSSR count). The standard InChI is InChI=1S/C18H21ClN2O3S/c1-12(2)21(4)25(23,24)15-8-6-14(7-9-15)18(22)20-17-10-5-13(3)11-16(17)19/h5-12H,1-4H3,(H,20,22). The van der Waals surface area contributed by atoms with Crippen molar-refractivity contribution in [3.05, 3.63) is 58.6 Å². The molecule has 134 valence electrons. The lowest BCUT2D eigenvalue weighted by Crippen LogP contribution is -2.33. The third-order valence-corrected chi connectivity index (χ3v) is 6.25. The summed E-state index contributed by atoms with van der Waals surface area (Å²) in [6.07, 6.45) is 0. The van der Waals surface area contributed by atoms with Crippen LogP contribution in [0.15, 0.2) is 47.4 Å². The van der Waals surface area contributed by atoms with Gasteiger partial charge in [-0.1, -0.05) is 17.7 Å². The molecule has 25 heavy (non-hydrogen) atoms. The summed E-state index contributed by atoms with van der Waals surface area (Å²) >= 11 is 6.11. The fourth-order valence-corrected chi connectivity index (χ4v) is 3.79. The van der Waals surface area contributed by atoms with Crippen LogP contribution in [0.3, 0.4) is 0 Å². The largest absolute Gasteiger partial charge is 0.321 e. The molecule has 0 aliphatic rings. The van der Waals surface area contributed by atoms with Gasteiger partial charge in [-0.15, -0.1) is 0 Å². The second-order valence-electron chi connectivity index (χ2n) is 6.08. The van der Waals surface area contributed by atoms with Crippen molar-refractivity contribution >= 4 is 33.2 Å². The van der Waals surface area contributed by atoms with Crippen molar-refractivity contribution in [2.45, 2.75) is 31.7 Å². The third-order valence-electron chi connectivity index (χ3n) is 3.89. The molecule has 7 heteroatoms. The average molecular weight is 381 g/mol. The quantitative estimate of drug-likeness (QED) is 0.854. The molecular formula is C18H21ClN2O3S.